The van der Waals surface area contributed by atoms with Gasteiger partial charge in [0.05, 0.1) is 11.5 Å². The van der Waals surface area contributed by atoms with E-state index in [9.17, 15) is 8.42 Å². The quantitative estimate of drug-likeness (QED) is 0.913. The molecule has 5 heteroatoms. The molecule has 0 aromatic heterocycles. The third-order valence-corrected chi connectivity index (χ3v) is 5.68. The van der Waals surface area contributed by atoms with Crippen LogP contribution in [0.1, 0.15) is 25.5 Å². The van der Waals surface area contributed by atoms with Gasteiger partial charge in [0.1, 0.15) is 0 Å². The highest BCUT2D eigenvalue weighted by molar-refractivity contribution is 7.91. The first kappa shape index (κ1) is 15.5. The molecule has 0 saturated carbocycles. The van der Waals surface area contributed by atoms with Gasteiger partial charge < -0.3 is 10.6 Å². The van der Waals surface area contributed by atoms with Crippen LogP contribution in [-0.4, -0.2) is 44.5 Å². The minimum Gasteiger partial charge on any atom is -0.323 e. The van der Waals surface area contributed by atoms with Gasteiger partial charge in [0, 0.05) is 25.7 Å². The van der Waals surface area contributed by atoms with Crippen LogP contribution < -0.4 is 5.73 Å². The lowest BCUT2D eigenvalue weighted by Crippen LogP contribution is -2.47. The Morgan fingerprint density at radius 3 is 2.30 bits per heavy atom. The lowest BCUT2D eigenvalue weighted by molar-refractivity contribution is 0.161. The predicted molar refractivity (Wildman–Crippen MR) is 82.2 cm³/mol. The highest BCUT2D eigenvalue weighted by atomic mass is 32.2. The lowest BCUT2D eigenvalue weighted by Gasteiger charge is -2.38. The Morgan fingerprint density at radius 2 is 1.75 bits per heavy atom. The Hall–Kier alpha value is -0.910. The monoisotopic (exact) mass is 296 g/mol. The van der Waals surface area contributed by atoms with E-state index < -0.39 is 9.84 Å². The predicted octanol–water partition coefficient (Wildman–Crippen LogP) is 1.44. The van der Waals surface area contributed by atoms with Gasteiger partial charge in [-0.15, -0.1) is 0 Å². The van der Waals surface area contributed by atoms with Crippen molar-refractivity contribution < 1.29 is 8.42 Å². The molecule has 112 valence electrons. The summed E-state index contributed by atoms with van der Waals surface area (Å²) in [4.78, 5) is 2.21. The number of sulfone groups is 1. The first-order chi connectivity index (χ1) is 9.30. The fourth-order valence-corrected chi connectivity index (χ4v) is 3.97. The van der Waals surface area contributed by atoms with Gasteiger partial charge in [0.15, 0.2) is 9.84 Å². The molecule has 1 atom stereocenters. The number of hydrogen-bond acceptors (Lipinski definition) is 4. The molecule has 20 heavy (non-hydrogen) atoms. The van der Waals surface area contributed by atoms with E-state index in [1.54, 1.807) is 0 Å². The zero-order chi connectivity index (χ0) is 14.8. The molecule has 4 nitrogen and oxygen atoms in total. The van der Waals surface area contributed by atoms with Crippen molar-refractivity contribution >= 4 is 9.84 Å². The third-order valence-electron chi connectivity index (χ3n) is 4.07. The highest BCUT2D eigenvalue weighted by Gasteiger charge is 2.32. The highest BCUT2D eigenvalue weighted by Crippen LogP contribution is 2.32. The van der Waals surface area contributed by atoms with Crippen LogP contribution in [-0.2, 0) is 9.84 Å². The molecule has 0 spiro atoms. The van der Waals surface area contributed by atoms with Gasteiger partial charge in [-0.05, 0) is 11.0 Å². The molecule has 0 bridgehead atoms. The van der Waals surface area contributed by atoms with Crippen molar-refractivity contribution in [2.24, 2.45) is 11.1 Å². The largest absolute Gasteiger partial charge is 0.323 e. The van der Waals surface area contributed by atoms with E-state index in [0.29, 0.717) is 13.1 Å². The average molecular weight is 296 g/mol. The second-order valence-corrected chi connectivity index (χ2v) is 8.61. The Kier molecular flexibility index (Phi) is 4.52. The van der Waals surface area contributed by atoms with Crippen molar-refractivity contribution in [1.82, 2.24) is 4.90 Å². The molecule has 1 aliphatic rings. The summed E-state index contributed by atoms with van der Waals surface area (Å²) >= 11 is 0. The maximum Gasteiger partial charge on any atom is 0.152 e. The van der Waals surface area contributed by atoms with Crippen molar-refractivity contribution in [2.75, 3.05) is 31.1 Å². The summed E-state index contributed by atoms with van der Waals surface area (Å²) in [5, 5.41) is 0. The van der Waals surface area contributed by atoms with Gasteiger partial charge in [0.25, 0.3) is 0 Å². The van der Waals surface area contributed by atoms with E-state index >= 15 is 0 Å². The molecule has 1 aliphatic heterocycles. The van der Waals surface area contributed by atoms with Crippen LogP contribution in [0.3, 0.4) is 0 Å². The summed E-state index contributed by atoms with van der Waals surface area (Å²) in [7, 11) is -2.82. The molecule has 1 fully saturated rings. The van der Waals surface area contributed by atoms with Crippen molar-refractivity contribution in [1.29, 1.82) is 0 Å². The average Bonchev–Trinajstić information content (AvgIpc) is 2.41. The first-order valence-corrected chi connectivity index (χ1v) is 8.86. The number of nitrogens with two attached hydrogens (primary N) is 1. The molecule has 1 heterocycles. The summed E-state index contributed by atoms with van der Waals surface area (Å²) in [6, 6.07) is 10.0. The van der Waals surface area contributed by atoms with Crippen LogP contribution in [0.25, 0.3) is 0 Å². The van der Waals surface area contributed by atoms with E-state index in [1.165, 1.54) is 0 Å². The van der Waals surface area contributed by atoms with Gasteiger partial charge in [-0.3, -0.25) is 0 Å². The fourth-order valence-electron chi connectivity index (χ4n) is 2.69. The van der Waals surface area contributed by atoms with E-state index in [4.69, 9.17) is 5.73 Å². The van der Waals surface area contributed by atoms with Gasteiger partial charge in [-0.25, -0.2) is 8.42 Å². The van der Waals surface area contributed by atoms with Crippen molar-refractivity contribution in [3.63, 3.8) is 0 Å². The SMILES string of the molecule is CC(C)(CN1CCS(=O)(=O)CC1)C(N)c1ccccc1. The first-order valence-electron chi connectivity index (χ1n) is 7.03. The maximum absolute atomic E-state index is 11.5. The number of rotatable bonds is 4. The second-order valence-electron chi connectivity index (χ2n) is 6.30. The molecule has 0 amide bonds. The third kappa shape index (κ3) is 3.81. The van der Waals surface area contributed by atoms with Gasteiger partial charge in [-0.2, -0.15) is 0 Å². The molecular formula is C15H24N2O2S. The summed E-state index contributed by atoms with van der Waals surface area (Å²) in [6.07, 6.45) is 0. The number of nitrogens with zero attached hydrogens (tertiary/aromatic N) is 1. The zero-order valence-corrected chi connectivity index (χ0v) is 13.1. The van der Waals surface area contributed by atoms with Crippen LogP contribution in [0.2, 0.25) is 0 Å². The van der Waals surface area contributed by atoms with E-state index in [2.05, 4.69) is 18.7 Å². The summed E-state index contributed by atoms with van der Waals surface area (Å²) in [5.74, 6) is 0.535. The van der Waals surface area contributed by atoms with Crippen LogP contribution in [0.5, 0.6) is 0 Å². The van der Waals surface area contributed by atoms with E-state index in [0.717, 1.165) is 12.1 Å². The molecule has 0 aliphatic carbocycles. The molecule has 1 aromatic rings. The Bertz CT molecular complexity index is 526. The lowest BCUT2D eigenvalue weighted by atomic mass is 9.80. The van der Waals surface area contributed by atoms with Crippen molar-refractivity contribution in [3.05, 3.63) is 35.9 Å². The maximum atomic E-state index is 11.5. The minimum absolute atomic E-state index is 0.0535. The van der Waals surface area contributed by atoms with Crippen LogP contribution in [0.4, 0.5) is 0 Å². The molecule has 0 radical (unpaired) electrons. The zero-order valence-electron chi connectivity index (χ0n) is 12.2. The van der Waals surface area contributed by atoms with Gasteiger partial charge >= 0.3 is 0 Å². The summed E-state index contributed by atoms with van der Waals surface area (Å²) in [5.41, 5.74) is 7.43. The molecule has 2 rings (SSSR count). The van der Waals surface area contributed by atoms with E-state index in [1.807, 2.05) is 30.3 Å². The Morgan fingerprint density at radius 1 is 1.20 bits per heavy atom. The van der Waals surface area contributed by atoms with E-state index in [-0.39, 0.29) is 23.0 Å². The fraction of sp³-hybridized carbons (Fsp3) is 0.600. The van der Waals surface area contributed by atoms with Crippen molar-refractivity contribution in [2.45, 2.75) is 19.9 Å². The topological polar surface area (TPSA) is 63.4 Å². The molecular weight excluding hydrogens is 272 g/mol. The summed E-state index contributed by atoms with van der Waals surface area (Å²) in [6.45, 7) is 6.35. The smallest absolute Gasteiger partial charge is 0.152 e. The normalized spacial score (nSPS) is 21.6. The molecule has 1 aromatic carbocycles. The Balaban J connectivity index is 2.01. The minimum atomic E-state index is -2.82. The van der Waals surface area contributed by atoms with Gasteiger partial charge in [-0.1, -0.05) is 44.2 Å². The second kappa shape index (κ2) is 5.84. The Labute approximate surface area is 121 Å². The number of hydrogen-bond donors (Lipinski definition) is 1. The molecule has 1 unspecified atom stereocenters. The van der Waals surface area contributed by atoms with Crippen molar-refractivity contribution in [3.8, 4) is 0 Å². The van der Waals surface area contributed by atoms with Crippen LogP contribution >= 0.6 is 0 Å². The molecule has 2 N–H and O–H groups in total. The summed E-state index contributed by atoms with van der Waals surface area (Å²) < 4.78 is 22.9. The van der Waals surface area contributed by atoms with Crippen LogP contribution in [0, 0.1) is 5.41 Å². The van der Waals surface area contributed by atoms with Gasteiger partial charge in [0.2, 0.25) is 0 Å². The van der Waals surface area contributed by atoms with Crippen LogP contribution in [0.15, 0.2) is 30.3 Å². The molecule has 1 saturated heterocycles. The number of benzene rings is 1. The standard InChI is InChI=1S/C15H24N2O2S/c1-15(2,14(16)13-6-4-3-5-7-13)12-17-8-10-20(18,19)11-9-17/h3-7,14H,8-12,16H2,1-2H3.